The lowest BCUT2D eigenvalue weighted by atomic mass is 10.1. The minimum absolute atomic E-state index is 0.265. The number of amides is 5. The Kier molecular flexibility index (Phi) is 7.40. The molecule has 37 heavy (non-hydrogen) atoms. The van der Waals surface area contributed by atoms with Crippen molar-refractivity contribution in [1.29, 1.82) is 0 Å². The van der Waals surface area contributed by atoms with Gasteiger partial charge < -0.3 is 10.1 Å². The van der Waals surface area contributed by atoms with Gasteiger partial charge in [-0.15, -0.1) is 0 Å². The van der Waals surface area contributed by atoms with Gasteiger partial charge in [-0.2, -0.15) is 0 Å². The fourth-order valence-corrected chi connectivity index (χ4v) is 4.04. The van der Waals surface area contributed by atoms with Gasteiger partial charge in [0.2, 0.25) is 0 Å². The lowest BCUT2D eigenvalue weighted by Gasteiger charge is -2.27. The Labute approximate surface area is 218 Å². The number of urea groups is 1. The molecule has 1 heterocycles. The van der Waals surface area contributed by atoms with Crippen LogP contribution < -0.4 is 20.3 Å². The summed E-state index contributed by atoms with van der Waals surface area (Å²) in [6, 6.07) is 16.3. The summed E-state index contributed by atoms with van der Waals surface area (Å²) in [5.41, 5.74) is 3.70. The summed E-state index contributed by atoms with van der Waals surface area (Å²) in [6.07, 6.45) is 1.33. The van der Waals surface area contributed by atoms with Crippen molar-refractivity contribution in [3.05, 3.63) is 93.5 Å². The maximum Gasteiger partial charge on any atom is 0.335 e. The van der Waals surface area contributed by atoms with Crippen LogP contribution in [0.3, 0.4) is 0 Å². The molecule has 0 bridgehead atoms. The minimum atomic E-state index is -0.870. The first-order valence-corrected chi connectivity index (χ1v) is 11.8. The van der Waals surface area contributed by atoms with E-state index in [2.05, 4.69) is 10.6 Å². The molecule has 2 N–H and O–H groups in total. The third kappa shape index (κ3) is 5.70. The van der Waals surface area contributed by atoms with Crippen LogP contribution in [0.2, 0.25) is 5.02 Å². The first kappa shape index (κ1) is 25.7. The number of aryl methyl sites for hydroxylation is 3. The molecule has 5 amide bonds. The zero-order chi connectivity index (χ0) is 26.7. The van der Waals surface area contributed by atoms with E-state index in [1.165, 1.54) is 12.1 Å². The van der Waals surface area contributed by atoms with Gasteiger partial charge in [-0.05, 0) is 62.2 Å². The summed E-state index contributed by atoms with van der Waals surface area (Å²) in [5, 5.41) is 5.34. The Bertz CT molecular complexity index is 1460. The Morgan fingerprint density at radius 3 is 2.51 bits per heavy atom. The number of para-hydroxylation sites is 1. The van der Waals surface area contributed by atoms with Crippen molar-refractivity contribution in [2.45, 2.75) is 20.8 Å². The van der Waals surface area contributed by atoms with Crippen molar-refractivity contribution in [2.24, 2.45) is 0 Å². The maximum absolute atomic E-state index is 13.3. The zero-order valence-corrected chi connectivity index (χ0v) is 21.2. The number of nitrogens with zero attached hydrogens (tertiary/aromatic N) is 1. The van der Waals surface area contributed by atoms with Crippen LogP contribution >= 0.6 is 11.6 Å². The van der Waals surface area contributed by atoms with Crippen molar-refractivity contribution >= 4 is 52.8 Å². The minimum Gasteiger partial charge on any atom is -0.483 e. The largest absolute Gasteiger partial charge is 0.483 e. The fourth-order valence-electron chi connectivity index (χ4n) is 3.87. The van der Waals surface area contributed by atoms with Crippen LogP contribution in [-0.2, 0) is 14.4 Å². The van der Waals surface area contributed by atoms with E-state index in [-0.39, 0.29) is 29.5 Å². The molecule has 1 aliphatic heterocycles. The normalized spacial score (nSPS) is 14.5. The number of hydrogen-bond donors (Lipinski definition) is 2. The zero-order valence-electron chi connectivity index (χ0n) is 20.4. The average Bonchev–Trinajstić information content (AvgIpc) is 2.85. The number of barbiturate groups is 1. The number of nitrogens with one attached hydrogen (secondary N) is 2. The van der Waals surface area contributed by atoms with E-state index < -0.39 is 17.8 Å². The van der Waals surface area contributed by atoms with E-state index in [4.69, 9.17) is 16.3 Å². The van der Waals surface area contributed by atoms with E-state index in [1.807, 2.05) is 32.0 Å². The van der Waals surface area contributed by atoms with E-state index in [1.54, 1.807) is 43.3 Å². The van der Waals surface area contributed by atoms with Gasteiger partial charge in [0.25, 0.3) is 17.7 Å². The fraction of sp³-hybridized carbons (Fsp3) is 0.143. The van der Waals surface area contributed by atoms with Crippen LogP contribution in [0.1, 0.15) is 22.3 Å². The molecule has 8 nitrogen and oxygen atoms in total. The van der Waals surface area contributed by atoms with Crippen molar-refractivity contribution in [3.8, 4) is 5.75 Å². The SMILES string of the molecule is Cc1ccc(NC(=O)COc2ccccc2/C=C2\C(=O)NC(=O)N(c3cc(Cl)ccc3C)C2=O)c(C)c1. The van der Waals surface area contributed by atoms with Gasteiger partial charge in [0.05, 0.1) is 5.69 Å². The van der Waals surface area contributed by atoms with Gasteiger partial charge in [0.15, 0.2) is 6.61 Å². The number of imide groups is 2. The monoisotopic (exact) mass is 517 g/mol. The summed E-state index contributed by atoms with van der Waals surface area (Å²) in [5.74, 6) is -1.72. The molecular weight excluding hydrogens is 494 g/mol. The van der Waals surface area contributed by atoms with E-state index in [0.29, 0.717) is 21.8 Å². The van der Waals surface area contributed by atoms with E-state index >= 15 is 0 Å². The second kappa shape index (κ2) is 10.7. The number of hydrogen-bond acceptors (Lipinski definition) is 5. The van der Waals surface area contributed by atoms with Crippen molar-refractivity contribution < 1.29 is 23.9 Å². The summed E-state index contributed by atoms with van der Waals surface area (Å²) in [6.45, 7) is 5.30. The van der Waals surface area contributed by atoms with E-state index in [0.717, 1.165) is 16.0 Å². The lowest BCUT2D eigenvalue weighted by molar-refractivity contribution is -0.122. The molecule has 0 saturated carbocycles. The highest BCUT2D eigenvalue weighted by molar-refractivity contribution is 6.39. The molecule has 4 rings (SSSR count). The summed E-state index contributed by atoms with van der Waals surface area (Å²) in [7, 11) is 0. The third-order valence-corrected chi connectivity index (χ3v) is 5.98. The molecule has 1 fully saturated rings. The van der Waals surface area contributed by atoms with Crippen molar-refractivity contribution in [2.75, 3.05) is 16.8 Å². The number of halogens is 1. The predicted molar refractivity (Wildman–Crippen MR) is 142 cm³/mol. The molecule has 0 atom stereocenters. The van der Waals surface area contributed by atoms with Crippen molar-refractivity contribution in [3.63, 3.8) is 0 Å². The van der Waals surface area contributed by atoms with Crippen LogP contribution in [0.15, 0.2) is 66.2 Å². The van der Waals surface area contributed by atoms with Crippen molar-refractivity contribution in [1.82, 2.24) is 5.32 Å². The Balaban J connectivity index is 1.57. The third-order valence-electron chi connectivity index (χ3n) is 5.75. The molecule has 0 unspecified atom stereocenters. The number of carbonyl (C=O) groups is 4. The highest BCUT2D eigenvalue weighted by atomic mass is 35.5. The average molecular weight is 518 g/mol. The molecule has 0 aliphatic carbocycles. The van der Waals surface area contributed by atoms with E-state index in [9.17, 15) is 19.2 Å². The highest BCUT2D eigenvalue weighted by Gasteiger charge is 2.37. The second-order valence-electron chi connectivity index (χ2n) is 8.58. The second-order valence-corrected chi connectivity index (χ2v) is 9.02. The Hall–Kier alpha value is -4.43. The standard InChI is InChI=1S/C28H24ClN3O5/c1-16-8-11-22(18(3)12-16)30-25(33)15-37-24-7-5-4-6-19(24)13-21-26(34)31-28(36)32(27(21)35)23-14-20(29)10-9-17(23)2/h4-14H,15H2,1-3H3,(H,30,33)(H,31,34,36)/b21-13+. The molecule has 0 spiro atoms. The number of anilines is 2. The summed E-state index contributed by atoms with van der Waals surface area (Å²) >= 11 is 6.07. The summed E-state index contributed by atoms with van der Waals surface area (Å²) in [4.78, 5) is 51.8. The molecule has 1 saturated heterocycles. The Morgan fingerprint density at radius 2 is 1.76 bits per heavy atom. The maximum atomic E-state index is 13.3. The number of rotatable bonds is 6. The Morgan fingerprint density at radius 1 is 1.00 bits per heavy atom. The highest BCUT2D eigenvalue weighted by Crippen LogP contribution is 2.29. The van der Waals surface area contributed by atoms with Crippen LogP contribution in [0.25, 0.3) is 6.08 Å². The lowest BCUT2D eigenvalue weighted by Crippen LogP contribution is -2.54. The molecule has 3 aromatic carbocycles. The predicted octanol–water partition coefficient (Wildman–Crippen LogP) is 4.95. The molecule has 188 valence electrons. The molecular formula is C28H24ClN3O5. The van der Waals surface area contributed by atoms with Crippen LogP contribution in [0, 0.1) is 20.8 Å². The van der Waals surface area contributed by atoms with Crippen LogP contribution in [0.5, 0.6) is 5.75 Å². The molecule has 3 aromatic rings. The smallest absolute Gasteiger partial charge is 0.335 e. The van der Waals surface area contributed by atoms with Gasteiger partial charge in [0, 0.05) is 16.3 Å². The molecule has 0 aromatic heterocycles. The molecule has 0 radical (unpaired) electrons. The van der Waals surface area contributed by atoms with Gasteiger partial charge in [-0.1, -0.05) is 53.6 Å². The summed E-state index contributed by atoms with van der Waals surface area (Å²) < 4.78 is 5.72. The number of benzene rings is 3. The topological polar surface area (TPSA) is 105 Å². The van der Waals surface area contributed by atoms with Gasteiger partial charge in [-0.25, -0.2) is 9.69 Å². The molecule has 1 aliphatic rings. The van der Waals surface area contributed by atoms with Gasteiger partial charge >= 0.3 is 6.03 Å². The molecule has 9 heteroatoms. The van der Waals surface area contributed by atoms with Crippen LogP contribution in [-0.4, -0.2) is 30.4 Å². The number of carbonyl (C=O) groups excluding carboxylic acids is 4. The first-order valence-electron chi connectivity index (χ1n) is 11.4. The quantitative estimate of drug-likeness (QED) is 0.355. The van der Waals surface area contributed by atoms with Gasteiger partial charge in [-0.3, -0.25) is 19.7 Å². The van der Waals surface area contributed by atoms with Gasteiger partial charge in [0.1, 0.15) is 11.3 Å². The van der Waals surface area contributed by atoms with Crippen LogP contribution in [0.4, 0.5) is 16.2 Å². The first-order chi connectivity index (χ1) is 17.6. The number of ether oxygens (including phenoxy) is 1.